The number of halogens is 1. The Hall–Kier alpha value is -0.700. The highest BCUT2D eigenvalue weighted by Gasteiger charge is 1.77. The van der Waals surface area contributed by atoms with Crippen LogP contribution in [0.1, 0.15) is 0 Å². The van der Waals surface area contributed by atoms with Gasteiger partial charge < -0.3 is 5.11 Å². The molecule has 0 saturated heterocycles. The molecule has 2 N–H and O–H groups in total. The molecule has 1 aromatic heterocycles. The molecule has 0 bridgehead atoms. The van der Waals surface area contributed by atoms with Crippen molar-refractivity contribution in [3.63, 3.8) is 0 Å². The van der Waals surface area contributed by atoms with Crippen molar-refractivity contribution in [3.05, 3.63) is 12.4 Å². The third-order valence-corrected chi connectivity index (χ3v) is 0.484. The maximum Gasteiger partial charge on any atom is 0.153 e. The Kier molecular flexibility index (Phi) is 2.22. The second-order valence-corrected chi connectivity index (χ2v) is 0.957. The summed E-state index contributed by atoms with van der Waals surface area (Å²) in [4.78, 5) is 0. The zero-order valence-corrected chi connectivity index (χ0v) is 4.27. The molecule has 0 spiro atoms. The van der Waals surface area contributed by atoms with Gasteiger partial charge in [-0.05, 0) is 0 Å². The second-order valence-electron chi connectivity index (χ2n) is 0.957. The van der Waals surface area contributed by atoms with E-state index in [1.54, 1.807) is 0 Å². The fourth-order valence-electron chi connectivity index (χ4n) is 0.244. The Morgan fingerprint density at radius 2 is 2.43 bits per heavy atom. The second kappa shape index (κ2) is 2.47. The first kappa shape index (κ1) is 6.30. The standard InChI is InChI=1S/C3H4N2O.ClH/c6-3-1-4-5-2-3;/h1-2,6H,(H,4,5);1H. The summed E-state index contributed by atoms with van der Waals surface area (Å²) in [5, 5.41) is 14.3. The topological polar surface area (TPSA) is 48.9 Å². The van der Waals surface area contributed by atoms with Crippen LogP contribution in [0.4, 0.5) is 0 Å². The molecule has 1 heterocycles. The molecule has 1 aromatic rings. The summed E-state index contributed by atoms with van der Waals surface area (Å²) >= 11 is 0. The molecule has 0 aromatic carbocycles. The average Bonchev–Trinajstić information content (AvgIpc) is 1.86. The third-order valence-electron chi connectivity index (χ3n) is 0.484. The third kappa shape index (κ3) is 1.45. The number of H-pyrrole nitrogens is 1. The van der Waals surface area contributed by atoms with E-state index in [9.17, 15) is 0 Å². The maximum atomic E-state index is 8.38. The van der Waals surface area contributed by atoms with Crippen LogP contribution in [-0.4, -0.2) is 15.3 Å². The summed E-state index contributed by atoms with van der Waals surface area (Å²) < 4.78 is 0. The highest BCUT2D eigenvalue weighted by Crippen LogP contribution is 1.97. The molecule has 40 valence electrons. The summed E-state index contributed by atoms with van der Waals surface area (Å²) in [5.74, 6) is 0.176. The molecule has 4 heteroatoms. The predicted octanol–water partition coefficient (Wildman–Crippen LogP) is 0.537. The highest BCUT2D eigenvalue weighted by molar-refractivity contribution is 5.85. The van der Waals surface area contributed by atoms with Crippen molar-refractivity contribution in [1.29, 1.82) is 0 Å². The number of aromatic nitrogens is 2. The van der Waals surface area contributed by atoms with Crippen molar-refractivity contribution in [2.45, 2.75) is 0 Å². The van der Waals surface area contributed by atoms with Crippen LogP contribution in [0.15, 0.2) is 12.4 Å². The number of rotatable bonds is 0. The van der Waals surface area contributed by atoms with E-state index in [2.05, 4.69) is 10.2 Å². The van der Waals surface area contributed by atoms with Gasteiger partial charge in [-0.1, -0.05) is 0 Å². The molecule has 0 radical (unpaired) electrons. The van der Waals surface area contributed by atoms with Crippen molar-refractivity contribution in [2.75, 3.05) is 0 Å². The van der Waals surface area contributed by atoms with E-state index < -0.39 is 0 Å². The normalized spacial score (nSPS) is 7.43. The van der Waals surface area contributed by atoms with E-state index in [-0.39, 0.29) is 18.2 Å². The lowest BCUT2D eigenvalue weighted by molar-refractivity contribution is 0.475. The van der Waals surface area contributed by atoms with Crippen molar-refractivity contribution in [3.8, 4) is 5.75 Å². The molecule has 3 nitrogen and oxygen atoms in total. The summed E-state index contributed by atoms with van der Waals surface area (Å²) in [6, 6.07) is 0. The number of aromatic hydroxyl groups is 1. The van der Waals surface area contributed by atoms with Gasteiger partial charge in [0.1, 0.15) is 0 Å². The molecule has 0 unspecified atom stereocenters. The predicted molar refractivity (Wildman–Crippen MR) is 27.5 cm³/mol. The van der Waals surface area contributed by atoms with Crippen LogP contribution in [-0.2, 0) is 0 Å². The molecule has 0 atom stereocenters. The van der Waals surface area contributed by atoms with Crippen LogP contribution in [0.2, 0.25) is 0 Å². The quantitative estimate of drug-likeness (QED) is 0.525. The SMILES string of the molecule is Cl.Oc1cn[nH]c1. The molecule has 0 aliphatic heterocycles. The van der Waals surface area contributed by atoms with Crippen molar-refractivity contribution < 1.29 is 5.11 Å². The molecular weight excluding hydrogens is 115 g/mol. The molecule has 0 amide bonds. The Labute approximate surface area is 46.8 Å². The lowest BCUT2D eigenvalue weighted by Gasteiger charge is -1.65. The van der Waals surface area contributed by atoms with E-state index in [1.807, 2.05) is 0 Å². The van der Waals surface area contributed by atoms with Crippen LogP contribution in [0.5, 0.6) is 5.75 Å². The molecular formula is C3H5ClN2O. The summed E-state index contributed by atoms with van der Waals surface area (Å²) in [5.41, 5.74) is 0. The lowest BCUT2D eigenvalue weighted by atomic mass is 10.7. The van der Waals surface area contributed by atoms with Gasteiger partial charge in [-0.3, -0.25) is 5.10 Å². The van der Waals surface area contributed by atoms with Gasteiger partial charge in [-0.25, -0.2) is 0 Å². The molecule has 0 aliphatic rings. The molecule has 0 fully saturated rings. The lowest BCUT2D eigenvalue weighted by Crippen LogP contribution is -1.53. The smallest absolute Gasteiger partial charge is 0.153 e. The first-order valence-electron chi connectivity index (χ1n) is 1.57. The van der Waals surface area contributed by atoms with Crippen LogP contribution in [0.3, 0.4) is 0 Å². The first-order chi connectivity index (χ1) is 2.89. The molecule has 7 heavy (non-hydrogen) atoms. The fraction of sp³-hybridized carbons (Fsp3) is 0. The number of hydrogen-bond acceptors (Lipinski definition) is 2. The van der Waals surface area contributed by atoms with Gasteiger partial charge >= 0.3 is 0 Å². The minimum absolute atomic E-state index is 0. The van der Waals surface area contributed by atoms with Crippen molar-refractivity contribution in [1.82, 2.24) is 10.2 Å². The minimum atomic E-state index is 0. The first-order valence-corrected chi connectivity index (χ1v) is 1.57. The van der Waals surface area contributed by atoms with Gasteiger partial charge in [-0.15, -0.1) is 12.4 Å². The highest BCUT2D eigenvalue weighted by atomic mass is 35.5. The molecule has 0 saturated carbocycles. The number of hydrogen-bond donors (Lipinski definition) is 2. The van der Waals surface area contributed by atoms with Gasteiger partial charge in [0.05, 0.1) is 12.4 Å². The minimum Gasteiger partial charge on any atom is -0.505 e. The van der Waals surface area contributed by atoms with E-state index in [4.69, 9.17) is 5.11 Å². The van der Waals surface area contributed by atoms with Crippen molar-refractivity contribution in [2.24, 2.45) is 0 Å². The van der Waals surface area contributed by atoms with E-state index >= 15 is 0 Å². The number of nitrogens with zero attached hydrogens (tertiary/aromatic N) is 1. The van der Waals surface area contributed by atoms with Gasteiger partial charge in [-0.2, -0.15) is 5.10 Å². The summed E-state index contributed by atoms with van der Waals surface area (Å²) in [6.07, 6.45) is 2.74. The Morgan fingerprint density at radius 3 is 2.57 bits per heavy atom. The largest absolute Gasteiger partial charge is 0.505 e. The van der Waals surface area contributed by atoms with Gasteiger partial charge in [0, 0.05) is 0 Å². The van der Waals surface area contributed by atoms with Gasteiger partial charge in [0.2, 0.25) is 0 Å². The van der Waals surface area contributed by atoms with Crippen LogP contribution >= 0.6 is 12.4 Å². The van der Waals surface area contributed by atoms with E-state index in [0.29, 0.717) is 0 Å². The maximum absolute atomic E-state index is 8.38. The average molecular weight is 121 g/mol. The van der Waals surface area contributed by atoms with Crippen LogP contribution in [0.25, 0.3) is 0 Å². The van der Waals surface area contributed by atoms with Crippen LogP contribution < -0.4 is 0 Å². The Bertz CT molecular complexity index is 116. The summed E-state index contributed by atoms with van der Waals surface area (Å²) in [6.45, 7) is 0. The van der Waals surface area contributed by atoms with Gasteiger partial charge in [0.15, 0.2) is 5.75 Å². The molecule has 1 rings (SSSR count). The summed E-state index contributed by atoms with van der Waals surface area (Å²) in [7, 11) is 0. The fourth-order valence-corrected chi connectivity index (χ4v) is 0.244. The zero-order chi connectivity index (χ0) is 4.41. The number of nitrogens with one attached hydrogen (secondary N) is 1. The van der Waals surface area contributed by atoms with Crippen LogP contribution in [0, 0.1) is 0 Å². The van der Waals surface area contributed by atoms with Gasteiger partial charge in [0.25, 0.3) is 0 Å². The van der Waals surface area contributed by atoms with E-state index in [0.717, 1.165) is 0 Å². The number of aromatic amines is 1. The molecule has 0 aliphatic carbocycles. The Balaban J connectivity index is 0.000000360. The zero-order valence-electron chi connectivity index (χ0n) is 3.46. The van der Waals surface area contributed by atoms with E-state index in [1.165, 1.54) is 12.4 Å². The monoisotopic (exact) mass is 120 g/mol. The van der Waals surface area contributed by atoms with Crippen molar-refractivity contribution >= 4 is 12.4 Å². The Morgan fingerprint density at radius 1 is 1.71 bits per heavy atom.